The molecule has 1 heterocycles. The van der Waals surface area contributed by atoms with Gasteiger partial charge in [0.25, 0.3) is 11.6 Å². The van der Waals surface area contributed by atoms with Gasteiger partial charge in [0.15, 0.2) is 0 Å². The summed E-state index contributed by atoms with van der Waals surface area (Å²) in [7, 11) is 0. The highest BCUT2D eigenvalue weighted by atomic mass is 32.1. The summed E-state index contributed by atoms with van der Waals surface area (Å²) in [6.45, 7) is 3.61. The second kappa shape index (κ2) is 7.05. The van der Waals surface area contributed by atoms with Gasteiger partial charge in [-0.3, -0.25) is 19.7 Å². The van der Waals surface area contributed by atoms with Crippen molar-refractivity contribution in [2.75, 3.05) is 5.32 Å². The first kappa shape index (κ1) is 17.4. The molecule has 0 unspecified atom stereocenters. The molecule has 2 rings (SSSR count). The molecule has 0 aliphatic carbocycles. The Labute approximate surface area is 141 Å². The maximum absolute atomic E-state index is 12.0. The molecule has 3 N–H and O–H groups in total. The molecule has 2 amide bonds. The standard InChI is InChI=1S/C16H15N3O4S/c1-9-10(2)24-16(14(9)15(17)21)18-13(20)8-5-11-3-6-12(7-4-11)19(22)23/h3-8H,1-2H3,(H2,17,21)(H,18,20)/b8-5+. The summed E-state index contributed by atoms with van der Waals surface area (Å²) in [5.41, 5.74) is 7.04. The molecule has 0 spiro atoms. The average molecular weight is 345 g/mol. The number of nitrogens with one attached hydrogen (secondary N) is 1. The van der Waals surface area contributed by atoms with Crippen molar-refractivity contribution in [1.29, 1.82) is 0 Å². The zero-order valence-corrected chi connectivity index (χ0v) is 13.8. The van der Waals surface area contributed by atoms with Crippen molar-refractivity contribution in [2.45, 2.75) is 13.8 Å². The van der Waals surface area contributed by atoms with Crippen molar-refractivity contribution in [3.05, 3.63) is 62.0 Å². The first-order valence-electron chi connectivity index (χ1n) is 6.93. The fourth-order valence-electron chi connectivity index (χ4n) is 2.04. The normalized spacial score (nSPS) is 10.8. The molecule has 1 aromatic heterocycles. The lowest BCUT2D eigenvalue weighted by Gasteiger charge is -2.02. The van der Waals surface area contributed by atoms with Crippen LogP contribution in [-0.4, -0.2) is 16.7 Å². The Hall–Kier alpha value is -3.00. The summed E-state index contributed by atoms with van der Waals surface area (Å²) in [5.74, 6) is -1.01. The van der Waals surface area contributed by atoms with E-state index in [1.54, 1.807) is 6.92 Å². The lowest BCUT2D eigenvalue weighted by atomic mass is 10.1. The summed E-state index contributed by atoms with van der Waals surface area (Å²) >= 11 is 1.28. The Balaban J connectivity index is 2.12. The zero-order valence-electron chi connectivity index (χ0n) is 13.0. The number of amides is 2. The van der Waals surface area contributed by atoms with Crippen molar-refractivity contribution in [3.8, 4) is 0 Å². The molecule has 24 heavy (non-hydrogen) atoms. The van der Waals surface area contributed by atoms with Gasteiger partial charge in [0.2, 0.25) is 5.91 Å². The molecule has 0 aliphatic rings. The van der Waals surface area contributed by atoms with Gasteiger partial charge < -0.3 is 11.1 Å². The van der Waals surface area contributed by atoms with E-state index in [1.165, 1.54) is 47.8 Å². The topological polar surface area (TPSA) is 115 Å². The first-order valence-corrected chi connectivity index (χ1v) is 7.74. The highest BCUT2D eigenvalue weighted by Crippen LogP contribution is 2.32. The quantitative estimate of drug-likeness (QED) is 0.492. The molecule has 0 atom stereocenters. The van der Waals surface area contributed by atoms with Crippen LogP contribution in [0, 0.1) is 24.0 Å². The van der Waals surface area contributed by atoms with Gasteiger partial charge in [0.05, 0.1) is 10.5 Å². The fourth-order valence-corrected chi connectivity index (χ4v) is 3.11. The van der Waals surface area contributed by atoms with E-state index in [4.69, 9.17) is 5.73 Å². The van der Waals surface area contributed by atoms with Crippen LogP contribution in [-0.2, 0) is 4.79 Å². The Bertz CT molecular complexity index is 838. The number of nitro groups is 1. The van der Waals surface area contributed by atoms with Crippen molar-refractivity contribution >= 4 is 39.9 Å². The first-order chi connectivity index (χ1) is 11.3. The second-order valence-electron chi connectivity index (χ2n) is 5.02. The summed E-state index contributed by atoms with van der Waals surface area (Å²) in [6.07, 6.45) is 2.81. The third kappa shape index (κ3) is 3.85. The van der Waals surface area contributed by atoms with Crippen LogP contribution in [0.4, 0.5) is 10.7 Å². The predicted molar refractivity (Wildman–Crippen MR) is 93.1 cm³/mol. The van der Waals surface area contributed by atoms with E-state index in [-0.39, 0.29) is 5.69 Å². The minimum absolute atomic E-state index is 0.0211. The number of carbonyl (C=O) groups excluding carboxylic acids is 2. The average Bonchev–Trinajstić information content (AvgIpc) is 2.80. The highest BCUT2D eigenvalue weighted by Gasteiger charge is 2.18. The number of rotatable bonds is 5. The molecular weight excluding hydrogens is 330 g/mol. The summed E-state index contributed by atoms with van der Waals surface area (Å²) in [4.78, 5) is 34.5. The Morgan fingerprint density at radius 2 is 1.88 bits per heavy atom. The number of anilines is 1. The highest BCUT2D eigenvalue weighted by molar-refractivity contribution is 7.16. The molecule has 0 bridgehead atoms. The van der Waals surface area contributed by atoms with Crippen LogP contribution in [0.15, 0.2) is 30.3 Å². The van der Waals surface area contributed by atoms with E-state index in [1.807, 2.05) is 6.92 Å². The van der Waals surface area contributed by atoms with Gasteiger partial charge in [-0.15, -0.1) is 11.3 Å². The van der Waals surface area contributed by atoms with Crippen molar-refractivity contribution in [3.63, 3.8) is 0 Å². The second-order valence-corrected chi connectivity index (χ2v) is 6.25. The third-order valence-corrected chi connectivity index (χ3v) is 4.52. The smallest absolute Gasteiger partial charge is 0.269 e. The van der Waals surface area contributed by atoms with Gasteiger partial charge in [-0.2, -0.15) is 0 Å². The number of thiophene rings is 1. The molecule has 1 aromatic carbocycles. The van der Waals surface area contributed by atoms with E-state index in [0.717, 1.165) is 10.4 Å². The van der Waals surface area contributed by atoms with Gasteiger partial charge in [0.1, 0.15) is 5.00 Å². The van der Waals surface area contributed by atoms with E-state index in [0.29, 0.717) is 16.1 Å². The summed E-state index contributed by atoms with van der Waals surface area (Å²) in [6, 6.07) is 5.79. The number of hydrogen-bond donors (Lipinski definition) is 2. The van der Waals surface area contributed by atoms with Gasteiger partial charge in [-0.25, -0.2) is 0 Å². The van der Waals surface area contributed by atoms with Crippen molar-refractivity contribution in [1.82, 2.24) is 0 Å². The largest absolute Gasteiger partial charge is 0.365 e. The van der Waals surface area contributed by atoms with Crippen LogP contribution in [0.5, 0.6) is 0 Å². The number of non-ortho nitro benzene ring substituents is 1. The maximum atomic E-state index is 12.0. The Morgan fingerprint density at radius 1 is 1.25 bits per heavy atom. The minimum Gasteiger partial charge on any atom is -0.365 e. The number of primary amides is 1. The van der Waals surface area contributed by atoms with E-state index >= 15 is 0 Å². The van der Waals surface area contributed by atoms with E-state index in [2.05, 4.69) is 5.32 Å². The van der Waals surface area contributed by atoms with Crippen molar-refractivity contribution in [2.24, 2.45) is 5.73 Å². The number of aryl methyl sites for hydroxylation is 1. The van der Waals surface area contributed by atoms with Gasteiger partial charge in [-0.1, -0.05) is 0 Å². The minimum atomic E-state index is -0.591. The number of nitrogens with two attached hydrogens (primary N) is 1. The van der Waals surface area contributed by atoms with Crippen LogP contribution >= 0.6 is 11.3 Å². The molecular formula is C16H15N3O4S. The lowest BCUT2D eigenvalue weighted by molar-refractivity contribution is -0.384. The molecule has 124 valence electrons. The zero-order chi connectivity index (χ0) is 17.9. The molecule has 0 saturated heterocycles. The van der Waals surface area contributed by atoms with Crippen LogP contribution in [0.2, 0.25) is 0 Å². The molecule has 0 radical (unpaired) electrons. The SMILES string of the molecule is Cc1sc(NC(=O)/C=C/c2ccc([N+](=O)[O-])cc2)c(C(N)=O)c1C. The Morgan fingerprint density at radius 3 is 2.42 bits per heavy atom. The number of carbonyl (C=O) groups is 2. The monoisotopic (exact) mass is 345 g/mol. The van der Waals surface area contributed by atoms with Crippen molar-refractivity contribution < 1.29 is 14.5 Å². The van der Waals surface area contributed by atoms with Crippen LogP contribution in [0.3, 0.4) is 0 Å². The predicted octanol–water partition coefficient (Wildman–Crippen LogP) is 3.02. The summed E-state index contributed by atoms with van der Waals surface area (Å²) in [5, 5.41) is 13.6. The molecule has 7 nitrogen and oxygen atoms in total. The van der Waals surface area contributed by atoms with E-state index < -0.39 is 16.7 Å². The molecule has 0 fully saturated rings. The van der Waals surface area contributed by atoms with Crippen LogP contribution in [0.25, 0.3) is 6.08 Å². The number of nitro benzene ring substituents is 1. The number of benzene rings is 1. The van der Waals surface area contributed by atoms with Crippen LogP contribution < -0.4 is 11.1 Å². The fraction of sp³-hybridized carbons (Fsp3) is 0.125. The molecule has 0 saturated carbocycles. The Kier molecular flexibility index (Phi) is 5.10. The molecule has 8 heteroatoms. The van der Waals surface area contributed by atoms with Gasteiger partial charge in [-0.05, 0) is 43.2 Å². The lowest BCUT2D eigenvalue weighted by Crippen LogP contribution is -2.16. The number of hydrogen-bond acceptors (Lipinski definition) is 5. The third-order valence-electron chi connectivity index (χ3n) is 3.40. The molecule has 2 aromatic rings. The number of nitrogens with zero attached hydrogens (tertiary/aromatic N) is 1. The maximum Gasteiger partial charge on any atom is 0.269 e. The van der Waals surface area contributed by atoms with Gasteiger partial charge >= 0.3 is 0 Å². The summed E-state index contributed by atoms with van der Waals surface area (Å²) < 4.78 is 0. The van der Waals surface area contributed by atoms with Crippen LogP contribution in [0.1, 0.15) is 26.4 Å². The van der Waals surface area contributed by atoms with Gasteiger partial charge in [0, 0.05) is 23.1 Å². The molecule has 0 aliphatic heterocycles. The van der Waals surface area contributed by atoms with E-state index in [9.17, 15) is 19.7 Å².